The highest BCUT2D eigenvalue weighted by molar-refractivity contribution is 8.00. The van der Waals surface area contributed by atoms with E-state index in [-0.39, 0.29) is 5.91 Å². The number of nitrogen functional groups attached to an aromatic ring is 1. The first-order chi connectivity index (χ1) is 9.56. The van der Waals surface area contributed by atoms with Crippen LogP contribution in [0.4, 0.5) is 5.69 Å². The molecule has 0 unspecified atom stereocenters. The summed E-state index contributed by atoms with van der Waals surface area (Å²) < 4.78 is 0. The Bertz CT molecular complexity index is 582. The highest BCUT2D eigenvalue weighted by Gasteiger charge is 2.11. The third-order valence-corrected chi connectivity index (χ3v) is 4.97. The van der Waals surface area contributed by atoms with E-state index in [1.54, 1.807) is 28.0 Å². The van der Waals surface area contributed by atoms with Crippen LogP contribution >= 0.6 is 23.1 Å². The van der Waals surface area contributed by atoms with E-state index in [1.165, 1.54) is 4.88 Å². The number of carbonyl (C=O) groups excluding carboxylic acids is 1. The van der Waals surface area contributed by atoms with Crippen molar-refractivity contribution < 1.29 is 4.79 Å². The molecule has 0 saturated carbocycles. The Kier molecular flexibility index (Phi) is 5.09. The smallest absolute Gasteiger partial charge is 0.233 e. The van der Waals surface area contributed by atoms with Crippen LogP contribution in [0.3, 0.4) is 0 Å². The minimum atomic E-state index is 0.139. The molecule has 0 bridgehead atoms. The zero-order valence-electron chi connectivity index (χ0n) is 11.6. The Balaban J connectivity index is 1.88. The van der Waals surface area contributed by atoms with E-state index in [4.69, 9.17) is 5.73 Å². The van der Waals surface area contributed by atoms with Gasteiger partial charge in [0.15, 0.2) is 0 Å². The van der Waals surface area contributed by atoms with Crippen molar-refractivity contribution in [3.05, 3.63) is 46.2 Å². The van der Waals surface area contributed by atoms with E-state index in [9.17, 15) is 4.79 Å². The van der Waals surface area contributed by atoms with E-state index in [2.05, 4.69) is 0 Å². The fourth-order valence-electron chi connectivity index (χ4n) is 1.81. The van der Waals surface area contributed by atoms with Crippen LogP contribution in [0.1, 0.15) is 10.4 Å². The predicted octanol–water partition coefficient (Wildman–Crippen LogP) is 3.39. The van der Waals surface area contributed by atoms with E-state index < -0.39 is 0 Å². The topological polar surface area (TPSA) is 46.3 Å². The van der Waals surface area contributed by atoms with E-state index >= 15 is 0 Å². The van der Waals surface area contributed by atoms with Gasteiger partial charge in [-0.25, -0.2) is 0 Å². The average Bonchev–Trinajstić information content (AvgIpc) is 2.90. The summed E-state index contributed by atoms with van der Waals surface area (Å²) in [5.41, 5.74) is 7.60. The van der Waals surface area contributed by atoms with Gasteiger partial charge in [-0.1, -0.05) is 6.07 Å². The average molecular weight is 306 g/mol. The molecule has 1 aromatic heterocycles. The standard InChI is InChI=1S/C15H18N2OS2/c1-11-8-12(16)5-6-14(11)20-10-15(18)17(2)9-13-4-3-7-19-13/h3-8H,9-10,16H2,1-2H3. The molecule has 0 aliphatic carbocycles. The van der Waals surface area contributed by atoms with Crippen molar-refractivity contribution >= 4 is 34.7 Å². The van der Waals surface area contributed by atoms with Crippen molar-refractivity contribution in [2.75, 3.05) is 18.5 Å². The molecule has 0 atom stereocenters. The number of hydrogen-bond acceptors (Lipinski definition) is 4. The minimum Gasteiger partial charge on any atom is -0.399 e. The third kappa shape index (κ3) is 4.02. The summed E-state index contributed by atoms with van der Waals surface area (Å²) in [6.07, 6.45) is 0. The van der Waals surface area contributed by atoms with Gasteiger partial charge in [0, 0.05) is 22.5 Å². The van der Waals surface area contributed by atoms with Crippen molar-refractivity contribution in [2.45, 2.75) is 18.4 Å². The molecule has 2 rings (SSSR count). The van der Waals surface area contributed by atoms with Gasteiger partial charge in [0.05, 0.1) is 12.3 Å². The summed E-state index contributed by atoms with van der Waals surface area (Å²) >= 11 is 3.23. The number of benzene rings is 1. The molecule has 1 aromatic carbocycles. The molecule has 0 spiro atoms. The first kappa shape index (κ1) is 14.9. The van der Waals surface area contributed by atoms with E-state index in [0.717, 1.165) is 16.1 Å². The van der Waals surface area contributed by atoms with Crippen LogP contribution in [0.5, 0.6) is 0 Å². The number of anilines is 1. The lowest BCUT2D eigenvalue weighted by molar-refractivity contribution is -0.127. The number of nitrogens with two attached hydrogens (primary N) is 1. The largest absolute Gasteiger partial charge is 0.399 e. The maximum absolute atomic E-state index is 12.1. The Hall–Kier alpha value is -1.46. The molecule has 0 aliphatic rings. The number of rotatable bonds is 5. The molecule has 5 heteroatoms. The quantitative estimate of drug-likeness (QED) is 0.680. The molecular weight excluding hydrogens is 288 g/mol. The summed E-state index contributed by atoms with van der Waals surface area (Å²) in [6.45, 7) is 2.69. The fourth-order valence-corrected chi connectivity index (χ4v) is 3.52. The first-order valence-electron chi connectivity index (χ1n) is 6.31. The van der Waals surface area contributed by atoms with Crippen LogP contribution in [0.25, 0.3) is 0 Å². The van der Waals surface area contributed by atoms with Crippen molar-refractivity contribution in [3.63, 3.8) is 0 Å². The Morgan fingerprint density at radius 1 is 1.40 bits per heavy atom. The highest BCUT2D eigenvalue weighted by Crippen LogP contribution is 2.24. The lowest BCUT2D eigenvalue weighted by atomic mass is 10.2. The molecule has 0 fully saturated rings. The molecule has 0 saturated heterocycles. The lowest BCUT2D eigenvalue weighted by Crippen LogP contribution is -2.27. The van der Waals surface area contributed by atoms with Gasteiger partial charge in [0.2, 0.25) is 5.91 Å². The second-order valence-corrected chi connectivity index (χ2v) is 6.69. The van der Waals surface area contributed by atoms with Crippen LogP contribution in [-0.2, 0) is 11.3 Å². The second-order valence-electron chi connectivity index (χ2n) is 4.64. The zero-order valence-corrected chi connectivity index (χ0v) is 13.3. The second kappa shape index (κ2) is 6.81. The third-order valence-electron chi connectivity index (χ3n) is 2.95. The molecule has 0 radical (unpaired) electrons. The first-order valence-corrected chi connectivity index (χ1v) is 8.18. The van der Waals surface area contributed by atoms with Gasteiger partial charge >= 0.3 is 0 Å². The predicted molar refractivity (Wildman–Crippen MR) is 87.1 cm³/mol. The van der Waals surface area contributed by atoms with Gasteiger partial charge in [-0.15, -0.1) is 23.1 Å². The molecule has 1 amide bonds. The van der Waals surface area contributed by atoms with Gasteiger partial charge in [0.1, 0.15) is 0 Å². The number of thioether (sulfide) groups is 1. The summed E-state index contributed by atoms with van der Waals surface area (Å²) in [5.74, 6) is 0.590. The van der Waals surface area contributed by atoms with E-state index in [1.807, 2.05) is 49.7 Å². The van der Waals surface area contributed by atoms with Gasteiger partial charge in [0.25, 0.3) is 0 Å². The molecule has 2 aromatic rings. The minimum absolute atomic E-state index is 0.139. The molecule has 0 aliphatic heterocycles. The van der Waals surface area contributed by atoms with E-state index in [0.29, 0.717) is 12.3 Å². The van der Waals surface area contributed by atoms with Crippen LogP contribution in [0.2, 0.25) is 0 Å². The van der Waals surface area contributed by atoms with Gasteiger partial charge in [-0.2, -0.15) is 0 Å². The van der Waals surface area contributed by atoms with Gasteiger partial charge in [-0.05, 0) is 42.1 Å². The Labute approximate surface area is 127 Å². The molecule has 106 valence electrons. The Morgan fingerprint density at radius 2 is 2.20 bits per heavy atom. The number of carbonyl (C=O) groups is 1. The van der Waals surface area contributed by atoms with Crippen molar-refractivity contribution in [1.82, 2.24) is 4.90 Å². The Morgan fingerprint density at radius 3 is 2.85 bits per heavy atom. The fraction of sp³-hybridized carbons (Fsp3) is 0.267. The number of aryl methyl sites for hydroxylation is 1. The van der Waals surface area contributed by atoms with Gasteiger partial charge in [-0.3, -0.25) is 4.79 Å². The van der Waals surface area contributed by atoms with Crippen molar-refractivity contribution in [1.29, 1.82) is 0 Å². The summed E-state index contributed by atoms with van der Waals surface area (Å²) in [5, 5.41) is 2.03. The van der Waals surface area contributed by atoms with Crippen LogP contribution in [0, 0.1) is 6.92 Å². The zero-order chi connectivity index (χ0) is 14.5. The van der Waals surface area contributed by atoms with Crippen LogP contribution in [0.15, 0.2) is 40.6 Å². The monoisotopic (exact) mass is 306 g/mol. The normalized spacial score (nSPS) is 10.5. The molecule has 20 heavy (non-hydrogen) atoms. The summed E-state index contributed by atoms with van der Waals surface area (Å²) in [7, 11) is 1.85. The van der Waals surface area contributed by atoms with Crippen molar-refractivity contribution in [3.8, 4) is 0 Å². The van der Waals surface area contributed by atoms with Crippen LogP contribution < -0.4 is 5.73 Å². The SMILES string of the molecule is Cc1cc(N)ccc1SCC(=O)N(C)Cc1cccs1. The maximum Gasteiger partial charge on any atom is 0.233 e. The summed E-state index contributed by atoms with van der Waals surface area (Å²) in [4.78, 5) is 16.2. The number of thiophene rings is 1. The molecule has 1 heterocycles. The maximum atomic E-state index is 12.1. The number of nitrogens with zero attached hydrogens (tertiary/aromatic N) is 1. The number of amides is 1. The van der Waals surface area contributed by atoms with Crippen LogP contribution in [-0.4, -0.2) is 23.6 Å². The summed E-state index contributed by atoms with van der Waals surface area (Å²) in [6, 6.07) is 9.83. The number of hydrogen-bond donors (Lipinski definition) is 1. The van der Waals surface area contributed by atoms with Crippen molar-refractivity contribution in [2.24, 2.45) is 0 Å². The van der Waals surface area contributed by atoms with Gasteiger partial charge < -0.3 is 10.6 Å². The molecular formula is C15H18N2OS2. The highest BCUT2D eigenvalue weighted by atomic mass is 32.2. The molecule has 2 N–H and O–H groups in total. The lowest BCUT2D eigenvalue weighted by Gasteiger charge is -2.16. The molecule has 3 nitrogen and oxygen atoms in total.